The van der Waals surface area contributed by atoms with Crippen LogP contribution in [0.3, 0.4) is 0 Å². The standard InChI is InChI=1S/C24H33N3O2/c1-4-23(28)27(21-8-6-5-7-9-21)22-10-12-26(13-11-22)14-15-29-24-18(2)16-20(25)17-19(24)3/h5-9,16-17,22H,4,10-15,25H2,1-3H3. The average Bonchev–Trinajstić information content (AvgIpc) is 2.72. The Morgan fingerprint density at radius 2 is 1.76 bits per heavy atom. The third-order valence-electron chi connectivity index (χ3n) is 5.66. The normalized spacial score (nSPS) is 15.3. The van der Waals surface area contributed by atoms with Gasteiger partial charge in [0.1, 0.15) is 12.4 Å². The van der Waals surface area contributed by atoms with E-state index in [1.807, 2.05) is 68.1 Å². The molecule has 1 amide bonds. The second-order valence-electron chi connectivity index (χ2n) is 7.86. The third-order valence-corrected chi connectivity index (χ3v) is 5.66. The van der Waals surface area contributed by atoms with Gasteiger partial charge < -0.3 is 15.4 Å². The van der Waals surface area contributed by atoms with E-state index in [9.17, 15) is 4.79 Å². The molecule has 2 aromatic carbocycles. The molecular weight excluding hydrogens is 362 g/mol. The monoisotopic (exact) mass is 395 g/mol. The Morgan fingerprint density at radius 3 is 2.34 bits per heavy atom. The maximum Gasteiger partial charge on any atom is 0.226 e. The molecule has 156 valence electrons. The van der Waals surface area contributed by atoms with Gasteiger partial charge in [0.2, 0.25) is 5.91 Å². The first-order chi connectivity index (χ1) is 14.0. The van der Waals surface area contributed by atoms with E-state index in [1.54, 1.807) is 0 Å². The highest BCUT2D eigenvalue weighted by Crippen LogP contribution is 2.27. The zero-order chi connectivity index (χ0) is 20.8. The van der Waals surface area contributed by atoms with E-state index in [-0.39, 0.29) is 11.9 Å². The molecule has 0 unspecified atom stereocenters. The van der Waals surface area contributed by atoms with Gasteiger partial charge in [0.05, 0.1) is 0 Å². The van der Waals surface area contributed by atoms with Crippen molar-refractivity contribution in [3.8, 4) is 5.75 Å². The Bertz CT molecular complexity index is 791. The van der Waals surface area contributed by atoms with Crippen LogP contribution in [0.2, 0.25) is 0 Å². The molecule has 1 aliphatic rings. The smallest absolute Gasteiger partial charge is 0.226 e. The van der Waals surface area contributed by atoms with Gasteiger partial charge in [-0.3, -0.25) is 9.69 Å². The summed E-state index contributed by atoms with van der Waals surface area (Å²) < 4.78 is 6.06. The largest absolute Gasteiger partial charge is 0.492 e. The summed E-state index contributed by atoms with van der Waals surface area (Å²) in [6.45, 7) is 9.52. The molecule has 0 atom stereocenters. The second-order valence-corrected chi connectivity index (χ2v) is 7.86. The number of benzene rings is 2. The van der Waals surface area contributed by atoms with Gasteiger partial charge in [-0.15, -0.1) is 0 Å². The quantitative estimate of drug-likeness (QED) is 0.715. The number of aryl methyl sites for hydroxylation is 2. The summed E-state index contributed by atoms with van der Waals surface area (Å²) in [5.41, 5.74) is 9.84. The Labute approximate surface area is 174 Å². The topological polar surface area (TPSA) is 58.8 Å². The number of rotatable bonds is 7. The number of nitrogens with zero attached hydrogens (tertiary/aromatic N) is 2. The van der Waals surface area contributed by atoms with Gasteiger partial charge in [-0.25, -0.2) is 0 Å². The zero-order valence-corrected chi connectivity index (χ0v) is 17.9. The molecule has 0 spiro atoms. The minimum Gasteiger partial charge on any atom is -0.492 e. The zero-order valence-electron chi connectivity index (χ0n) is 17.9. The Balaban J connectivity index is 1.53. The fourth-order valence-corrected chi connectivity index (χ4v) is 4.21. The first-order valence-corrected chi connectivity index (χ1v) is 10.6. The molecule has 0 bridgehead atoms. The summed E-state index contributed by atoms with van der Waals surface area (Å²) in [6.07, 6.45) is 2.50. The van der Waals surface area contributed by atoms with Crippen molar-refractivity contribution in [1.29, 1.82) is 0 Å². The lowest BCUT2D eigenvalue weighted by Gasteiger charge is -2.38. The molecule has 0 saturated carbocycles. The number of anilines is 2. The lowest BCUT2D eigenvalue weighted by atomic mass is 10.0. The fourth-order valence-electron chi connectivity index (χ4n) is 4.21. The minimum atomic E-state index is 0.201. The van der Waals surface area contributed by atoms with Crippen molar-refractivity contribution in [2.75, 3.05) is 36.9 Å². The molecule has 1 saturated heterocycles. The molecule has 1 heterocycles. The molecule has 0 aliphatic carbocycles. The highest BCUT2D eigenvalue weighted by Gasteiger charge is 2.28. The van der Waals surface area contributed by atoms with Crippen molar-refractivity contribution >= 4 is 17.3 Å². The van der Waals surface area contributed by atoms with Crippen LogP contribution in [-0.4, -0.2) is 43.1 Å². The SMILES string of the molecule is CCC(=O)N(c1ccccc1)C1CCN(CCOc2c(C)cc(N)cc2C)CC1. The van der Waals surface area contributed by atoms with Crippen LogP contribution in [0.15, 0.2) is 42.5 Å². The average molecular weight is 396 g/mol. The Morgan fingerprint density at radius 1 is 1.14 bits per heavy atom. The summed E-state index contributed by atoms with van der Waals surface area (Å²) in [5, 5.41) is 0. The van der Waals surface area contributed by atoms with Gasteiger partial charge >= 0.3 is 0 Å². The maximum atomic E-state index is 12.6. The first-order valence-electron chi connectivity index (χ1n) is 10.6. The summed E-state index contributed by atoms with van der Waals surface area (Å²) in [5.74, 6) is 1.14. The van der Waals surface area contributed by atoms with E-state index >= 15 is 0 Å². The lowest BCUT2D eigenvalue weighted by Crippen LogP contribution is -2.48. The van der Waals surface area contributed by atoms with Crippen LogP contribution in [0.25, 0.3) is 0 Å². The maximum absolute atomic E-state index is 12.6. The minimum absolute atomic E-state index is 0.201. The van der Waals surface area contributed by atoms with Crippen LogP contribution < -0.4 is 15.4 Å². The first kappa shape index (κ1) is 21.2. The summed E-state index contributed by atoms with van der Waals surface area (Å²) in [4.78, 5) is 17.0. The molecule has 1 fully saturated rings. The van der Waals surface area contributed by atoms with Gasteiger partial charge in [-0.1, -0.05) is 25.1 Å². The Kier molecular flexibility index (Phi) is 7.15. The van der Waals surface area contributed by atoms with Gasteiger partial charge in [0.25, 0.3) is 0 Å². The van der Waals surface area contributed by atoms with Gasteiger partial charge in [0.15, 0.2) is 0 Å². The van der Waals surface area contributed by atoms with Crippen molar-refractivity contribution in [3.05, 3.63) is 53.6 Å². The molecule has 2 aromatic rings. The highest BCUT2D eigenvalue weighted by molar-refractivity contribution is 5.93. The third kappa shape index (κ3) is 5.30. The summed E-state index contributed by atoms with van der Waals surface area (Å²) in [6, 6.07) is 14.2. The fraction of sp³-hybridized carbons (Fsp3) is 0.458. The van der Waals surface area contributed by atoms with Crippen molar-refractivity contribution in [1.82, 2.24) is 4.90 Å². The number of likely N-dealkylation sites (tertiary alicyclic amines) is 1. The molecule has 0 radical (unpaired) electrons. The number of piperidine rings is 1. The van der Waals surface area contributed by atoms with E-state index in [4.69, 9.17) is 10.5 Å². The number of para-hydroxylation sites is 1. The van der Waals surface area contributed by atoms with E-state index in [0.29, 0.717) is 13.0 Å². The molecule has 5 heteroatoms. The number of nitrogens with two attached hydrogens (primary N) is 1. The van der Waals surface area contributed by atoms with Gasteiger partial charge in [-0.05, 0) is 62.1 Å². The van der Waals surface area contributed by atoms with Crippen molar-refractivity contribution in [2.45, 2.75) is 46.1 Å². The van der Waals surface area contributed by atoms with E-state index in [1.165, 1.54) is 0 Å². The predicted molar refractivity (Wildman–Crippen MR) is 120 cm³/mol. The van der Waals surface area contributed by atoms with Crippen LogP contribution in [0, 0.1) is 13.8 Å². The summed E-state index contributed by atoms with van der Waals surface area (Å²) >= 11 is 0. The molecule has 0 aromatic heterocycles. The predicted octanol–water partition coefficient (Wildman–Crippen LogP) is 4.17. The number of hydrogen-bond donors (Lipinski definition) is 1. The van der Waals surface area contributed by atoms with Crippen LogP contribution in [0.5, 0.6) is 5.75 Å². The Hall–Kier alpha value is -2.53. The van der Waals surface area contributed by atoms with Gasteiger partial charge in [-0.2, -0.15) is 0 Å². The number of hydrogen-bond acceptors (Lipinski definition) is 4. The molecule has 1 aliphatic heterocycles. The van der Waals surface area contributed by atoms with E-state index < -0.39 is 0 Å². The molecule has 3 rings (SSSR count). The second kappa shape index (κ2) is 9.79. The van der Waals surface area contributed by atoms with Crippen molar-refractivity contribution in [2.24, 2.45) is 0 Å². The van der Waals surface area contributed by atoms with Crippen LogP contribution in [0.1, 0.15) is 37.3 Å². The van der Waals surface area contributed by atoms with Crippen LogP contribution in [-0.2, 0) is 4.79 Å². The molecular formula is C24H33N3O2. The van der Waals surface area contributed by atoms with Gasteiger partial charge in [0, 0.05) is 43.5 Å². The molecule has 5 nitrogen and oxygen atoms in total. The van der Waals surface area contributed by atoms with E-state index in [2.05, 4.69) is 4.90 Å². The molecule has 29 heavy (non-hydrogen) atoms. The van der Waals surface area contributed by atoms with Crippen molar-refractivity contribution in [3.63, 3.8) is 0 Å². The van der Waals surface area contributed by atoms with Crippen LogP contribution >= 0.6 is 0 Å². The van der Waals surface area contributed by atoms with E-state index in [0.717, 1.165) is 60.7 Å². The number of amides is 1. The number of carbonyl (C=O) groups excluding carboxylic acids is 1. The number of nitrogen functional groups attached to an aromatic ring is 1. The summed E-state index contributed by atoms with van der Waals surface area (Å²) in [7, 11) is 0. The van der Waals surface area contributed by atoms with Crippen molar-refractivity contribution < 1.29 is 9.53 Å². The number of ether oxygens (including phenoxy) is 1. The van der Waals surface area contributed by atoms with Crippen LogP contribution in [0.4, 0.5) is 11.4 Å². The number of carbonyl (C=O) groups is 1. The molecule has 2 N–H and O–H groups in total. The highest BCUT2D eigenvalue weighted by atomic mass is 16.5. The lowest BCUT2D eigenvalue weighted by molar-refractivity contribution is -0.119.